The molecule has 31 heavy (non-hydrogen) atoms. The van der Waals surface area contributed by atoms with Crippen LogP contribution in [-0.4, -0.2) is 48.4 Å². The Morgan fingerprint density at radius 2 is 1.94 bits per heavy atom. The van der Waals surface area contributed by atoms with Crippen LogP contribution < -0.4 is 4.74 Å². The molecular weight excluding hydrogens is 428 g/mol. The number of ether oxygens (including phenoxy) is 1. The Hall–Kier alpha value is -2.64. The fourth-order valence-electron chi connectivity index (χ4n) is 4.06. The first kappa shape index (κ1) is 21.6. The van der Waals surface area contributed by atoms with E-state index in [1.165, 1.54) is 21.8 Å². The molecule has 162 valence electrons. The first-order valence-electron chi connectivity index (χ1n) is 10.4. The van der Waals surface area contributed by atoms with E-state index in [4.69, 9.17) is 4.74 Å². The monoisotopic (exact) mass is 454 g/mol. The molecule has 0 aliphatic carbocycles. The molecule has 0 radical (unpaired) electrons. The molecular formula is C24H26N2O3S2. The summed E-state index contributed by atoms with van der Waals surface area (Å²) in [7, 11) is 1.65. The van der Waals surface area contributed by atoms with Crippen molar-refractivity contribution in [2.24, 2.45) is 0 Å². The van der Waals surface area contributed by atoms with Crippen LogP contribution in [0.25, 0.3) is 0 Å². The molecule has 0 saturated carbocycles. The van der Waals surface area contributed by atoms with Gasteiger partial charge >= 0.3 is 0 Å². The minimum atomic E-state index is -0.145. The number of hydrogen-bond acceptors (Lipinski definition) is 5. The van der Waals surface area contributed by atoms with Crippen LogP contribution in [0, 0.1) is 0 Å². The summed E-state index contributed by atoms with van der Waals surface area (Å²) in [5, 5.41) is 3.99. The number of rotatable bonds is 7. The summed E-state index contributed by atoms with van der Waals surface area (Å²) in [6.45, 7) is 3.33. The molecule has 7 heteroatoms. The Morgan fingerprint density at radius 3 is 2.61 bits per heavy atom. The summed E-state index contributed by atoms with van der Waals surface area (Å²) < 4.78 is 5.30. The highest BCUT2D eigenvalue weighted by molar-refractivity contribution is 7.12. The van der Waals surface area contributed by atoms with Gasteiger partial charge in [0, 0.05) is 18.0 Å². The predicted octanol–water partition coefficient (Wildman–Crippen LogP) is 4.84. The Morgan fingerprint density at radius 1 is 1.13 bits per heavy atom. The Balaban J connectivity index is 1.61. The molecule has 2 aromatic heterocycles. The third kappa shape index (κ3) is 4.52. The molecule has 0 spiro atoms. The largest absolute Gasteiger partial charge is 0.497 e. The zero-order valence-electron chi connectivity index (χ0n) is 17.7. The number of carbonyl (C=O) groups excluding carboxylic acids is 2. The van der Waals surface area contributed by atoms with E-state index in [1.54, 1.807) is 23.3 Å². The SMILES string of the molecule is CCCN(CC(=O)N1CCc2sccc2C1c1ccc(OC)cc1)C(=O)c1cccs1. The van der Waals surface area contributed by atoms with Crippen molar-refractivity contribution in [3.05, 3.63) is 74.1 Å². The molecule has 5 nitrogen and oxygen atoms in total. The van der Waals surface area contributed by atoms with Crippen LogP contribution in [0.1, 0.15) is 45.1 Å². The fraction of sp³-hybridized carbons (Fsp3) is 0.333. The Kier molecular flexibility index (Phi) is 6.73. The van der Waals surface area contributed by atoms with E-state index in [0.29, 0.717) is 18.0 Å². The molecule has 2 amide bonds. The van der Waals surface area contributed by atoms with Gasteiger partial charge in [0.1, 0.15) is 12.3 Å². The number of benzene rings is 1. The molecule has 0 saturated heterocycles. The van der Waals surface area contributed by atoms with Crippen molar-refractivity contribution in [1.29, 1.82) is 0 Å². The van der Waals surface area contributed by atoms with Gasteiger partial charge in [-0.1, -0.05) is 25.1 Å². The topological polar surface area (TPSA) is 49.9 Å². The summed E-state index contributed by atoms with van der Waals surface area (Å²) in [4.78, 5) is 32.1. The van der Waals surface area contributed by atoms with Crippen LogP contribution in [-0.2, 0) is 11.2 Å². The van der Waals surface area contributed by atoms with E-state index in [0.717, 1.165) is 24.2 Å². The number of nitrogens with zero attached hydrogens (tertiary/aromatic N) is 2. The number of methoxy groups -OCH3 is 1. The first-order valence-corrected chi connectivity index (χ1v) is 12.2. The summed E-state index contributed by atoms with van der Waals surface area (Å²) in [5.41, 5.74) is 2.24. The number of amides is 2. The van der Waals surface area contributed by atoms with Gasteiger partial charge in [0.2, 0.25) is 5.91 Å². The smallest absolute Gasteiger partial charge is 0.264 e. The molecule has 3 heterocycles. The van der Waals surface area contributed by atoms with E-state index in [2.05, 4.69) is 11.4 Å². The van der Waals surface area contributed by atoms with Crippen molar-refractivity contribution in [3.63, 3.8) is 0 Å². The van der Waals surface area contributed by atoms with Crippen LogP contribution >= 0.6 is 22.7 Å². The summed E-state index contributed by atoms with van der Waals surface area (Å²) in [5.74, 6) is 0.703. The van der Waals surface area contributed by atoms with Gasteiger partial charge in [-0.3, -0.25) is 9.59 Å². The quantitative estimate of drug-likeness (QED) is 0.513. The molecule has 0 bridgehead atoms. The maximum absolute atomic E-state index is 13.5. The van der Waals surface area contributed by atoms with Crippen molar-refractivity contribution >= 4 is 34.5 Å². The van der Waals surface area contributed by atoms with Crippen LogP contribution in [0.15, 0.2) is 53.2 Å². The minimum Gasteiger partial charge on any atom is -0.497 e. The van der Waals surface area contributed by atoms with Crippen molar-refractivity contribution in [2.75, 3.05) is 26.7 Å². The average molecular weight is 455 g/mol. The van der Waals surface area contributed by atoms with E-state index >= 15 is 0 Å². The molecule has 0 N–H and O–H groups in total. The number of fused-ring (bicyclic) bond motifs is 1. The zero-order valence-corrected chi connectivity index (χ0v) is 19.4. The van der Waals surface area contributed by atoms with E-state index in [-0.39, 0.29) is 24.4 Å². The summed E-state index contributed by atoms with van der Waals surface area (Å²) in [6, 6.07) is 13.6. The Bertz CT molecular complexity index is 1030. The van der Waals surface area contributed by atoms with Gasteiger partial charge in [-0.25, -0.2) is 0 Å². The lowest BCUT2D eigenvalue weighted by atomic mass is 9.93. The molecule has 1 aliphatic heterocycles. The average Bonchev–Trinajstić information content (AvgIpc) is 3.49. The van der Waals surface area contributed by atoms with Crippen molar-refractivity contribution in [3.8, 4) is 5.75 Å². The van der Waals surface area contributed by atoms with Crippen LogP contribution in [0.4, 0.5) is 0 Å². The van der Waals surface area contributed by atoms with Crippen molar-refractivity contribution in [2.45, 2.75) is 25.8 Å². The molecule has 1 aliphatic rings. The van der Waals surface area contributed by atoms with Gasteiger partial charge in [0.15, 0.2) is 0 Å². The van der Waals surface area contributed by atoms with Crippen LogP contribution in [0.2, 0.25) is 0 Å². The normalized spacial score (nSPS) is 15.4. The standard InChI is InChI=1S/C24H26N2O3S2/c1-3-12-25(24(28)21-5-4-14-30-21)16-22(27)26-13-10-20-19(11-15-31-20)23(26)17-6-8-18(29-2)9-7-17/h4-9,11,14-15,23H,3,10,12-13,16H2,1-2H3. The molecule has 1 aromatic carbocycles. The predicted molar refractivity (Wildman–Crippen MR) is 125 cm³/mol. The maximum atomic E-state index is 13.5. The van der Waals surface area contributed by atoms with Gasteiger partial charge < -0.3 is 14.5 Å². The second-order valence-electron chi connectivity index (χ2n) is 7.52. The summed E-state index contributed by atoms with van der Waals surface area (Å²) >= 11 is 3.16. The van der Waals surface area contributed by atoms with Gasteiger partial charge in [-0.05, 0) is 59.0 Å². The van der Waals surface area contributed by atoms with Crippen molar-refractivity contribution < 1.29 is 14.3 Å². The van der Waals surface area contributed by atoms with Gasteiger partial charge in [0.25, 0.3) is 5.91 Å². The fourth-order valence-corrected chi connectivity index (χ4v) is 5.66. The maximum Gasteiger partial charge on any atom is 0.264 e. The third-order valence-electron chi connectivity index (χ3n) is 5.56. The lowest BCUT2D eigenvalue weighted by molar-refractivity contribution is -0.134. The lowest BCUT2D eigenvalue weighted by Crippen LogP contribution is -2.46. The first-order chi connectivity index (χ1) is 15.1. The minimum absolute atomic E-state index is 0.0176. The van der Waals surface area contributed by atoms with Gasteiger partial charge in [-0.15, -0.1) is 22.7 Å². The van der Waals surface area contributed by atoms with E-state index < -0.39 is 0 Å². The van der Waals surface area contributed by atoms with Gasteiger partial charge in [0.05, 0.1) is 18.0 Å². The molecule has 1 atom stereocenters. The van der Waals surface area contributed by atoms with Crippen molar-refractivity contribution in [1.82, 2.24) is 9.80 Å². The third-order valence-corrected chi connectivity index (χ3v) is 7.41. The molecule has 4 rings (SSSR count). The zero-order chi connectivity index (χ0) is 21.8. The highest BCUT2D eigenvalue weighted by Crippen LogP contribution is 2.38. The molecule has 1 unspecified atom stereocenters. The molecule has 0 fully saturated rings. The van der Waals surface area contributed by atoms with Crippen LogP contribution in [0.5, 0.6) is 5.75 Å². The van der Waals surface area contributed by atoms with E-state index in [1.807, 2.05) is 53.6 Å². The number of carbonyl (C=O) groups is 2. The van der Waals surface area contributed by atoms with E-state index in [9.17, 15) is 9.59 Å². The second-order valence-corrected chi connectivity index (χ2v) is 9.46. The lowest BCUT2D eigenvalue weighted by Gasteiger charge is -2.37. The summed E-state index contributed by atoms with van der Waals surface area (Å²) in [6.07, 6.45) is 1.65. The number of hydrogen-bond donors (Lipinski definition) is 0. The second kappa shape index (κ2) is 9.66. The Labute approximate surface area is 190 Å². The molecule has 3 aromatic rings. The number of thiophene rings is 2. The van der Waals surface area contributed by atoms with Gasteiger partial charge in [-0.2, -0.15) is 0 Å². The highest BCUT2D eigenvalue weighted by Gasteiger charge is 2.34. The highest BCUT2D eigenvalue weighted by atomic mass is 32.1. The van der Waals surface area contributed by atoms with Crippen LogP contribution in [0.3, 0.4) is 0 Å².